The number of likely N-dealkylation sites (tertiary alicyclic amines) is 1. The van der Waals surface area contributed by atoms with Crippen molar-refractivity contribution in [1.82, 2.24) is 19.6 Å². The molecule has 37 heavy (non-hydrogen) atoms. The monoisotopic (exact) mass is 494 g/mol. The van der Waals surface area contributed by atoms with E-state index in [2.05, 4.69) is 11.6 Å². The zero-order valence-corrected chi connectivity index (χ0v) is 20.3. The first-order valence-electron chi connectivity index (χ1n) is 12.4. The number of ether oxygens (including phenoxy) is 1. The highest BCUT2D eigenvalue weighted by Crippen LogP contribution is 2.39. The smallest absolute Gasteiger partial charge is 0.249 e. The molecule has 3 aromatic rings. The van der Waals surface area contributed by atoms with E-state index >= 15 is 0 Å². The lowest BCUT2D eigenvalue weighted by Crippen LogP contribution is -2.40. The van der Waals surface area contributed by atoms with E-state index in [1.54, 1.807) is 11.2 Å². The van der Waals surface area contributed by atoms with Gasteiger partial charge in [0.25, 0.3) is 0 Å². The first-order chi connectivity index (χ1) is 18.1. The van der Waals surface area contributed by atoms with Gasteiger partial charge in [-0.1, -0.05) is 24.8 Å². The van der Waals surface area contributed by atoms with Crippen LogP contribution >= 0.6 is 0 Å². The van der Waals surface area contributed by atoms with Crippen molar-refractivity contribution in [3.63, 3.8) is 0 Å². The van der Waals surface area contributed by atoms with Crippen LogP contribution in [0.2, 0.25) is 0 Å². The van der Waals surface area contributed by atoms with Crippen molar-refractivity contribution in [3.8, 4) is 22.8 Å². The average molecular weight is 495 g/mol. The first kappa shape index (κ1) is 22.9. The minimum atomic E-state index is -0.154. The van der Waals surface area contributed by atoms with Crippen molar-refractivity contribution in [1.29, 1.82) is 0 Å². The highest BCUT2D eigenvalue weighted by Gasteiger charge is 2.35. The Balaban J connectivity index is 1.41. The summed E-state index contributed by atoms with van der Waals surface area (Å²) in [5, 5.41) is 5.01. The van der Waals surface area contributed by atoms with Crippen molar-refractivity contribution in [2.24, 2.45) is 9.98 Å². The molecule has 1 saturated heterocycles. The third kappa shape index (κ3) is 4.33. The minimum Gasteiger partial charge on any atom is -0.457 e. The fraction of sp³-hybridized carbons (Fsp3) is 0.250. The normalized spacial score (nSPS) is 18.6. The van der Waals surface area contributed by atoms with Crippen molar-refractivity contribution in [3.05, 3.63) is 72.8 Å². The Labute approximate surface area is 214 Å². The summed E-state index contributed by atoms with van der Waals surface area (Å²) in [4.78, 5) is 37.4. The summed E-state index contributed by atoms with van der Waals surface area (Å²) < 4.78 is 7.86. The molecule has 9 heteroatoms. The van der Waals surface area contributed by atoms with Crippen LogP contribution in [0.5, 0.6) is 11.5 Å². The van der Waals surface area contributed by atoms with Crippen LogP contribution in [0.3, 0.4) is 0 Å². The summed E-state index contributed by atoms with van der Waals surface area (Å²) >= 11 is 0. The van der Waals surface area contributed by atoms with E-state index in [0.29, 0.717) is 49.2 Å². The lowest BCUT2D eigenvalue weighted by Gasteiger charge is -2.33. The predicted octanol–water partition coefficient (Wildman–Crippen LogP) is 4.34. The lowest BCUT2D eigenvalue weighted by molar-refractivity contribution is -0.127. The Morgan fingerprint density at radius 1 is 1.05 bits per heavy atom. The Kier molecular flexibility index (Phi) is 5.88. The van der Waals surface area contributed by atoms with Gasteiger partial charge in [0, 0.05) is 31.6 Å². The number of hydrogen-bond acceptors (Lipinski definition) is 6. The van der Waals surface area contributed by atoms with Crippen LogP contribution in [0.4, 0.5) is 5.82 Å². The number of hydrogen-bond donors (Lipinski definition) is 0. The van der Waals surface area contributed by atoms with Crippen LogP contribution < -0.4 is 4.74 Å². The van der Waals surface area contributed by atoms with Crippen LogP contribution in [0.15, 0.2) is 77.2 Å². The molecule has 0 aliphatic carbocycles. The quantitative estimate of drug-likeness (QED) is 0.492. The van der Waals surface area contributed by atoms with Crippen molar-refractivity contribution in [2.75, 3.05) is 19.6 Å². The highest BCUT2D eigenvalue weighted by atomic mass is 16.5. The molecule has 3 aliphatic rings. The van der Waals surface area contributed by atoms with Crippen molar-refractivity contribution < 1.29 is 14.3 Å². The second kappa shape index (κ2) is 9.50. The van der Waals surface area contributed by atoms with Gasteiger partial charge in [0.15, 0.2) is 11.7 Å². The van der Waals surface area contributed by atoms with Gasteiger partial charge in [0.05, 0.1) is 17.9 Å². The summed E-state index contributed by atoms with van der Waals surface area (Å²) in [6, 6.07) is 17.3. The molecule has 6 rings (SSSR count). The predicted molar refractivity (Wildman–Crippen MR) is 140 cm³/mol. The van der Waals surface area contributed by atoms with Gasteiger partial charge in [-0.25, -0.2) is 9.67 Å². The Morgan fingerprint density at radius 3 is 2.62 bits per heavy atom. The number of fused-ring (bicyclic) bond motifs is 3. The molecule has 1 fully saturated rings. The molecule has 9 nitrogen and oxygen atoms in total. The molecule has 186 valence electrons. The van der Waals surface area contributed by atoms with E-state index < -0.39 is 0 Å². The summed E-state index contributed by atoms with van der Waals surface area (Å²) in [6.07, 6.45) is 5.14. The van der Waals surface area contributed by atoms with E-state index in [4.69, 9.17) is 14.8 Å². The van der Waals surface area contributed by atoms with Crippen molar-refractivity contribution >= 4 is 29.8 Å². The second-order valence-electron chi connectivity index (χ2n) is 9.23. The van der Waals surface area contributed by atoms with Gasteiger partial charge >= 0.3 is 0 Å². The van der Waals surface area contributed by atoms with Crippen LogP contribution in [-0.2, 0) is 9.59 Å². The van der Waals surface area contributed by atoms with Gasteiger partial charge in [-0.3, -0.25) is 9.59 Å². The Hall–Kier alpha value is -4.53. The Morgan fingerprint density at radius 2 is 1.84 bits per heavy atom. The number of amidine groups is 1. The van der Waals surface area contributed by atoms with Gasteiger partial charge in [-0.05, 0) is 55.3 Å². The SMILES string of the molecule is C=CC(=O)N1CCCC(n2nc(-c3ccc(Oc4ccccc4)cc3)c3c2N=CN2CCC(=O)N=C32)C1. The zero-order chi connectivity index (χ0) is 25.4. The molecule has 2 amide bonds. The Bertz CT molecular complexity index is 1420. The topological polar surface area (TPSA) is 92.4 Å². The standard InChI is InChI=1S/C28H26N6O3/c1-2-24(36)32-15-6-7-20(17-32)34-27-25(28-30-23(35)14-16-33(28)18-29-27)26(31-34)19-10-12-22(13-11-19)37-21-8-4-3-5-9-21/h2-5,8-13,18,20H,1,6-7,14-17H2. The molecule has 1 aromatic heterocycles. The fourth-order valence-corrected chi connectivity index (χ4v) is 5.00. The minimum absolute atomic E-state index is 0.0515. The summed E-state index contributed by atoms with van der Waals surface area (Å²) in [6.45, 7) is 5.37. The van der Waals surface area contributed by atoms with Gasteiger partial charge in [0.2, 0.25) is 11.8 Å². The molecule has 2 aromatic carbocycles. The van der Waals surface area contributed by atoms with Crippen LogP contribution in [-0.4, -0.2) is 63.2 Å². The maximum absolute atomic E-state index is 12.3. The van der Waals surface area contributed by atoms with Crippen LogP contribution in [0, 0.1) is 0 Å². The van der Waals surface area contributed by atoms with E-state index in [1.165, 1.54) is 6.08 Å². The number of carbonyl (C=O) groups is 2. The van der Waals surface area contributed by atoms with Gasteiger partial charge in [0.1, 0.15) is 17.2 Å². The van der Waals surface area contributed by atoms with Gasteiger partial charge in [-0.15, -0.1) is 0 Å². The number of nitrogens with zero attached hydrogens (tertiary/aromatic N) is 6. The van der Waals surface area contributed by atoms with Gasteiger partial charge < -0.3 is 14.5 Å². The summed E-state index contributed by atoms with van der Waals surface area (Å²) in [5.74, 6) is 2.45. The van der Waals surface area contributed by atoms with Crippen LogP contribution in [0.1, 0.15) is 30.9 Å². The highest BCUT2D eigenvalue weighted by molar-refractivity contribution is 6.17. The number of carbonyl (C=O) groups excluding carboxylic acids is 2. The maximum atomic E-state index is 12.3. The van der Waals surface area contributed by atoms with E-state index in [1.807, 2.05) is 64.2 Å². The summed E-state index contributed by atoms with van der Waals surface area (Å²) in [7, 11) is 0. The molecular weight excluding hydrogens is 468 g/mol. The van der Waals surface area contributed by atoms with E-state index in [9.17, 15) is 9.59 Å². The molecule has 0 radical (unpaired) electrons. The molecule has 3 aliphatic heterocycles. The number of benzene rings is 2. The molecule has 0 N–H and O–H groups in total. The van der Waals surface area contributed by atoms with E-state index in [0.717, 1.165) is 29.7 Å². The summed E-state index contributed by atoms with van der Waals surface area (Å²) in [5.41, 5.74) is 2.30. The first-order valence-corrected chi connectivity index (χ1v) is 12.4. The molecular formula is C28H26N6O3. The molecule has 0 spiro atoms. The average Bonchev–Trinajstić information content (AvgIpc) is 3.34. The number of rotatable bonds is 5. The number of aromatic nitrogens is 2. The molecule has 4 heterocycles. The number of piperidine rings is 1. The number of amides is 2. The number of aliphatic imine (C=N–C) groups is 2. The van der Waals surface area contributed by atoms with Crippen molar-refractivity contribution in [2.45, 2.75) is 25.3 Å². The van der Waals surface area contributed by atoms with E-state index in [-0.39, 0.29) is 17.9 Å². The largest absolute Gasteiger partial charge is 0.457 e. The second-order valence-corrected chi connectivity index (χ2v) is 9.23. The maximum Gasteiger partial charge on any atom is 0.249 e. The molecule has 0 bridgehead atoms. The molecule has 1 unspecified atom stereocenters. The lowest BCUT2D eigenvalue weighted by atomic mass is 10.0. The molecule has 1 atom stereocenters. The third-order valence-corrected chi connectivity index (χ3v) is 6.83. The van der Waals surface area contributed by atoms with Crippen LogP contribution in [0.25, 0.3) is 11.3 Å². The molecule has 0 saturated carbocycles. The third-order valence-electron chi connectivity index (χ3n) is 6.83. The zero-order valence-electron chi connectivity index (χ0n) is 20.3. The fourth-order valence-electron chi connectivity index (χ4n) is 5.00. The number of para-hydroxylation sites is 1. The van der Waals surface area contributed by atoms with Gasteiger partial charge in [-0.2, -0.15) is 10.1 Å².